The van der Waals surface area contributed by atoms with Gasteiger partial charge in [0.05, 0.1) is 4.90 Å². The second-order valence-corrected chi connectivity index (χ2v) is 6.62. The maximum absolute atomic E-state index is 13.3. The first-order valence-corrected chi connectivity index (χ1v) is 7.79. The number of nitrogens with one attached hydrogen (secondary N) is 1. The Balaban J connectivity index is 1.93. The fourth-order valence-electron chi connectivity index (χ4n) is 2.55. The maximum atomic E-state index is 13.3. The van der Waals surface area contributed by atoms with Crippen LogP contribution in [-0.2, 0) is 9.84 Å². The standard InChI is InChI=1S/C13H15FN2O2S/c14-11-1-2-13-12(7-11)10(9-19(13,17)18)8-16-5-3-15-4-6-16/h1-2,7,9,15H,3-6,8H2. The number of hydrogen-bond donors (Lipinski definition) is 1. The van der Waals surface area contributed by atoms with Crippen LogP contribution in [0.1, 0.15) is 5.56 Å². The summed E-state index contributed by atoms with van der Waals surface area (Å²) in [7, 11) is -3.39. The van der Waals surface area contributed by atoms with Gasteiger partial charge in [-0.05, 0) is 23.8 Å². The van der Waals surface area contributed by atoms with Gasteiger partial charge >= 0.3 is 0 Å². The van der Waals surface area contributed by atoms with Crippen molar-refractivity contribution in [3.63, 3.8) is 0 Å². The lowest BCUT2D eigenvalue weighted by Crippen LogP contribution is -2.43. The molecular weight excluding hydrogens is 267 g/mol. The number of rotatable bonds is 2. The lowest BCUT2D eigenvalue weighted by molar-refractivity contribution is 0.268. The van der Waals surface area contributed by atoms with Crippen molar-refractivity contribution in [2.45, 2.75) is 4.90 Å². The van der Waals surface area contributed by atoms with Gasteiger partial charge in [-0.15, -0.1) is 0 Å². The molecule has 0 aromatic heterocycles. The Morgan fingerprint density at radius 2 is 2.00 bits per heavy atom. The minimum Gasteiger partial charge on any atom is -0.314 e. The van der Waals surface area contributed by atoms with Crippen LogP contribution in [0.4, 0.5) is 4.39 Å². The van der Waals surface area contributed by atoms with Gasteiger partial charge < -0.3 is 5.32 Å². The number of sulfone groups is 1. The monoisotopic (exact) mass is 282 g/mol. The van der Waals surface area contributed by atoms with E-state index in [-0.39, 0.29) is 4.90 Å². The Morgan fingerprint density at radius 3 is 2.74 bits per heavy atom. The average molecular weight is 282 g/mol. The number of benzene rings is 1. The molecule has 1 fully saturated rings. The van der Waals surface area contributed by atoms with E-state index in [2.05, 4.69) is 10.2 Å². The van der Waals surface area contributed by atoms with Gasteiger partial charge in [0.2, 0.25) is 9.84 Å². The first-order chi connectivity index (χ1) is 9.06. The molecule has 1 aromatic carbocycles. The van der Waals surface area contributed by atoms with Crippen molar-refractivity contribution in [1.29, 1.82) is 0 Å². The maximum Gasteiger partial charge on any atom is 0.200 e. The van der Waals surface area contributed by atoms with E-state index in [1.807, 2.05) is 0 Å². The summed E-state index contributed by atoms with van der Waals surface area (Å²) in [5.41, 5.74) is 1.20. The second-order valence-electron chi connectivity index (χ2n) is 4.85. The van der Waals surface area contributed by atoms with Crippen molar-refractivity contribution in [3.8, 4) is 0 Å². The molecule has 1 saturated heterocycles. The molecule has 0 saturated carbocycles. The highest BCUT2D eigenvalue weighted by atomic mass is 32.2. The zero-order chi connectivity index (χ0) is 13.5. The van der Waals surface area contributed by atoms with Crippen LogP contribution in [0.2, 0.25) is 0 Å². The van der Waals surface area contributed by atoms with Crippen molar-refractivity contribution < 1.29 is 12.8 Å². The zero-order valence-electron chi connectivity index (χ0n) is 10.4. The van der Waals surface area contributed by atoms with Crippen LogP contribution < -0.4 is 5.32 Å². The predicted molar refractivity (Wildman–Crippen MR) is 70.9 cm³/mol. The first kappa shape index (κ1) is 12.8. The van der Waals surface area contributed by atoms with Crippen LogP contribution in [-0.4, -0.2) is 46.0 Å². The minimum absolute atomic E-state index is 0.221. The molecule has 0 bridgehead atoms. The van der Waals surface area contributed by atoms with E-state index in [1.54, 1.807) is 0 Å². The molecule has 0 aliphatic carbocycles. The molecule has 2 aliphatic rings. The fraction of sp³-hybridized carbons (Fsp3) is 0.385. The lowest BCUT2D eigenvalue weighted by atomic mass is 10.1. The Kier molecular flexibility index (Phi) is 3.16. The summed E-state index contributed by atoms with van der Waals surface area (Å²) in [5, 5.41) is 4.52. The molecule has 3 rings (SSSR count). The van der Waals surface area contributed by atoms with Gasteiger partial charge in [0.1, 0.15) is 5.82 Å². The topological polar surface area (TPSA) is 49.4 Å². The second kappa shape index (κ2) is 4.70. The molecule has 2 aliphatic heterocycles. The summed E-state index contributed by atoms with van der Waals surface area (Å²) in [4.78, 5) is 2.40. The third-order valence-corrected chi connectivity index (χ3v) is 5.06. The summed E-state index contributed by atoms with van der Waals surface area (Å²) in [6, 6.07) is 3.85. The van der Waals surface area contributed by atoms with Crippen molar-refractivity contribution in [3.05, 3.63) is 35.0 Å². The molecule has 0 atom stereocenters. The van der Waals surface area contributed by atoms with Gasteiger partial charge in [-0.25, -0.2) is 12.8 Å². The molecule has 0 amide bonds. The smallest absolute Gasteiger partial charge is 0.200 e. The summed E-state index contributed by atoms with van der Waals surface area (Å²) in [6.45, 7) is 4.10. The Bertz CT molecular complexity index is 634. The van der Waals surface area contributed by atoms with E-state index in [0.717, 1.165) is 26.2 Å². The highest BCUT2D eigenvalue weighted by molar-refractivity contribution is 7.95. The molecule has 102 valence electrons. The van der Waals surface area contributed by atoms with Crippen LogP contribution >= 0.6 is 0 Å². The summed E-state index contributed by atoms with van der Waals surface area (Å²) in [5.74, 6) is -0.401. The molecule has 6 heteroatoms. The summed E-state index contributed by atoms with van der Waals surface area (Å²) in [6.07, 6.45) is 0. The van der Waals surface area contributed by atoms with Crippen LogP contribution in [0.15, 0.2) is 28.5 Å². The van der Waals surface area contributed by atoms with Gasteiger partial charge in [0, 0.05) is 43.7 Å². The molecule has 2 heterocycles. The van der Waals surface area contributed by atoms with E-state index in [9.17, 15) is 12.8 Å². The van der Waals surface area contributed by atoms with Crippen molar-refractivity contribution >= 4 is 15.4 Å². The number of halogens is 1. The molecule has 0 radical (unpaired) electrons. The molecule has 1 N–H and O–H groups in total. The van der Waals surface area contributed by atoms with Gasteiger partial charge in [-0.3, -0.25) is 4.90 Å². The summed E-state index contributed by atoms with van der Waals surface area (Å²) >= 11 is 0. The minimum atomic E-state index is -3.39. The molecule has 0 unspecified atom stereocenters. The van der Waals surface area contributed by atoms with E-state index in [0.29, 0.717) is 17.7 Å². The van der Waals surface area contributed by atoms with Crippen molar-refractivity contribution in [1.82, 2.24) is 10.2 Å². The average Bonchev–Trinajstić information content (AvgIpc) is 2.62. The predicted octanol–water partition coefficient (Wildman–Crippen LogP) is 0.859. The van der Waals surface area contributed by atoms with E-state index >= 15 is 0 Å². The third kappa shape index (κ3) is 2.43. The number of piperazine rings is 1. The quantitative estimate of drug-likeness (QED) is 0.817. The summed E-state index contributed by atoms with van der Waals surface area (Å²) < 4.78 is 37.3. The fourth-order valence-corrected chi connectivity index (χ4v) is 4.01. The zero-order valence-corrected chi connectivity index (χ0v) is 11.2. The molecule has 0 spiro atoms. The van der Waals surface area contributed by atoms with Gasteiger partial charge in [0.15, 0.2) is 0 Å². The first-order valence-electron chi connectivity index (χ1n) is 6.25. The van der Waals surface area contributed by atoms with Crippen LogP contribution in [0.25, 0.3) is 5.57 Å². The highest BCUT2D eigenvalue weighted by Crippen LogP contribution is 2.34. The van der Waals surface area contributed by atoms with Crippen LogP contribution in [0.3, 0.4) is 0 Å². The van der Waals surface area contributed by atoms with Crippen LogP contribution in [0.5, 0.6) is 0 Å². The number of hydrogen-bond acceptors (Lipinski definition) is 4. The van der Waals surface area contributed by atoms with E-state index < -0.39 is 15.7 Å². The van der Waals surface area contributed by atoms with E-state index in [1.165, 1.54) is 23.6 Å². The largest absolute Gasteiger partial charge is 0.314 e. The SMILES string of the molecule is O=S1(=O)C=C(CN2CCNCC2)c2cc(F)ccc21. The lowest BCUT2D eigenvalue weighted by Gasteiger charge is -2.27. The molecule has 19 heavy (non-hydrogen) atoms. The van der Waals surface area contributed by atoms with Gasteiger partial charge in [0.25, 0.3) is 0 Å². The van der Waals surface area contributed by atoms with Gasteiger partial charge in [-0.1, -0.05) is 0 Å². The van der Waals surface area contributed by atoms with E-state index in [4.69, 9.17) is 0 Å². The number of nitrogens with zero attached hydrogens (tertiary/aromatic N) is 1. The van der Waals surface area contributed by atoms with Crippen LogP contribution in [0, 0.1) is 5.82 Å². The normalized spacial score (nSPS) is 22.1. The molecular formula is C13H15FN2O2S. The highest BCUT2D eigenvalue weighted by Gasteiger charge is 2.28. The van der Waals surface area contributed by atoms with Crippen molar-refractivity contribution in [2.24, 2.45) is 0 Å². The Hall–Kier alpha value is -1.24. The molecule has 1 aromatic rings. The van der Waals surface area contributed by atoms with Crippen molar-refractivity contribution in [2.75, 3.05) is 32.7 Å². The molecule has 4 nitrogen and oxygen atoms in total. The number of fused-ring (bicyclic) bond motifs is 1. The third-order valence-electron chi connectivity index (χ3n) is 3.50. The Labute approximate surface area is 111 Å². The Morgan fingerprint density at radius 1 is 1.26 bits per heavy atom. The van der Waals surface area contributed by atoms with Gasteiger partial charge in [-0.2, -0.15) is 0 Å².